The Labute approximate surface area is 139 Å². The molecule has 0 unspecified atom stereocenters. The molecule has 5 heteroatoms. The van der Waals surface area contributed by atoms with E-state index >= 15 is 0 Å². The van der Waals surface area contributed by atoms with Gasteiger partial charge in [0.1, 0.15) is 0 Å². The Kier molecular flexibility index (Phi) is 12.6. The number of carbonyl (C=O) groups excluding carboxylic acids is 1. The molecule has 130 valence electrons. The molecule has 0 spiro atoms. The normalized spacial score (nSPS) is 13.8. The fourth-order valence-electron chi connectivity index (χ4n) is 2.45. The van der Waals surface area contributed by atoms with E-state index in [2.05, 4.69) is 6.92 Å². The number of thioether (sulfide) groups is 1. The van der Waals surface area contributed by atoms with Crippen molar-refractivity contribution in [3.05, 3.63) is 0 Å². The van der Waals surface area contributed by atoms with Crippen molar-refractivity contribution in [2.24, 2.45) is 5.73 Å². The summed E-state index contributed by atoms with van der Waals surface area (Å²) in [5, 5.41) is 9.22. The third kappa shape index (κ3) is 8.79. The van der Waals surface area contributed by atoms with Gasteiger partial charge in [-0.05, 0) is 24.9 Å². The lowest BCUT2D eigenvalue weighted by Gasteiger charge is -2.22. The number of unbranched alkanes of at least 4 members (excludes halogenated alkanes) is 8. The largest absolute Gasteiger partial charge is 0.480 e. The SMILES string of the molecule is CCCCCCCCCCCC(=O)[C@](N)(CCSC)C(=O)O. The summed E-state index contributed by atoms with van der Waals surface area (Å²) >= 11 is 1.51. The number of hydrogen-bond donors (Lipinski definition) is 2. The van der Waals surface area contributed by atoms with Crippen LogP contribution in [0.15, 0.2) is 0 Å². The highest BCUT2D eigenvalue weighted by Gasteiger charge is 2.40. The predicted octanol–water partition coefficient (Wildman–Crippen LogP) is 4.01. The maximum atomic E-state index is 12.1. The van der Waals surface area contributed by atoms with Crippen molar-refractivity contribution >= 4 is 23.5 Å². The van der Waals surface area contributed by atoms with Gasteiger partial charge in [0.2, 0.25) is 0 Å². The smallest absolute Gasteiger partial charge is 0.331 e. The second-order valence-electron chi connectivity index (χ2n) is 6.02. The van der Waals surface area contributed by atoms with Crippen LogP contribution in [0, 0.1) is 0 Å². The summed E-state index contributed by atoms with van der Waals surface area (Å²) in [6.45, 7) is 2.21. The topological polar surface area (TPSA) is 80.4 Å². The Morgan fingerprint density at radius 2 is 1.50 bits per heavy atom. The van der Waals surface area contributed by atoms with E-state index in [1.165, 1.54) is 50.3 Å². The van der Waals surface area contributed by atoms with Gasteiger partial charge in [0.15, 0.2) is 11.3 Å². The molecule has 0 aliphatic heterocycles. The first-order chi connectivity index (χ1) is 10.5. The summed E-state index contributed by atoms with van der Waals surface area (Å²) in [6, 6.07) is 0. The minimum Gasteiger partial charge on any atom is -0.480 e. The van der Waals surface area contributed by atoms with Crippen LogP contribution >= 0.6 is 11.8 Å². The van der Waals surface area contributed by atoms with Crippen molar-refractivity contribution in [2.75, 3.05) is 12.0 Å². The van der Waals surface area contributed by atoms with E-state index in [1.807, 2.05) is 6.26 Å². The fraction of sp³-hybridized carbons (Fsp3) is 0.882. The van der Waals surface area contributed by atoms with Gasteiger partial charge in [-0.2, -0.15) is 11.8 Å². The maximum Gasteiger partial charge on any atom is 0.331 e. The van der Waals surface area contributed by atoms with Crippen LogP contribution in [0.25, 0.3) is 0 Å². The standard InChI is InChI=1S/C17H33NO3S/c1-3-4-5-6-7-8-9-10-11-12-15(19)17(18,16(20)21)13-14-22-2/h3-14,18H2,1-2H3,(H,20,21)/t17-/m1/s1. The van der Waals surface area contributed by atoms with Crippen molar-refractivity contribution in [1.29, 1.82) is 0 Å². The number of hydrogen-bond acceptors (Lipinski definition) is 4. The van der Waals surface area contributed by atoms with Crippen molar-refractivity contribution in [1.82, 2.24) is 0 Å². The van der Waals surface area contributed by atoms with Crippen molar-refractivity contribution in [2.45, 2.75) is 83.1 Å². The molecule has 0 amide bonds. The van der Waals surface area contributed by atoms with E-state index in [0.29, 0.717) is 5.75 Å². The Hall–Kier alpha value is -0.550. The second kappa shape index (κ2) is 12.9. The minimum absolute atomic E-state index is 0.208. The average Bonchev–Trinajstić information content (AvgIpc) is 2.50. The van der Waals surface area contributed by atoms with Gasteiger partial charge in [0, 0.05) is 6.42 Å². The first-order valence-corrected chi connectivity index (χ1v) is 9.93. The second-order valence-corrected chi connectivity index (χ2v) is 7.01. The molecule has 22 heavy (non-hydrogen) atoms. The molecule has 0 aromatic carbocycles. The van der Waals surface area contributed by atoms with Gasteiger partial charge in [-0.15, -0.1) is 0 Å². The van der Waals surface area contributed by atoms with Gasteiger partial charge in [-0.25, -0.2) is 4.79 Å². The molecule has 0 aliphatic rings. The molecule has 0 heterocycles. The summed E-state index contributed by atoms with van der Waals surface area (Å²) in [7, 11) is 0. The summed E-state index contributed by atoms with van der Waals surface area (Å²) in [5.41, 5.74) is 4.13. The highest BCUT2D eigenvalue weighted by atomic mass is 32.2. The number of aliphatic carboxylic acids is 1. The molecule has 0 aliphatic carbocycles. The van der Waals surface area contributed by atoms with Gasteiger partial charge in [0.25, 0.3) is 0 Å². The molecule has 3 N–H and O–H groups in total. The van der Waals surface area contributed by atoms with E-state index in [1.54, 1.807) is 0 Å². The van der Waals surface area contributed by atoms with E-state index in [0.717, 1.165) is 19.3 Å². The molecule has 0 radical (unpaired) electrons. The number of Topliss-reactive ketones (excluding diaryl/α,β-unsaturated/α-hetero) is 1. The molecule has 0 bridgehead atoms. The van der Waals surface area contributed by atoms with Crippen LogP contribution < -0.4 is 5.73 Å². The number of carboxylic acid groups (broad SMARTS) is 1. The number of carbonyl (C=O) groups is 2. The summed E-state index contributed by atoms with van der Waals surface area (Å²) in [4.78, 5) is 23.4. The van der Waals surface area contributed by atoms with Crippen LogP contribution in [0.3, 0.4) is 0 Å². The Morgan fingerprint density at radius 3 is 1.95 bits per heavy atom. The fourth-order valence-corrected chi connectivity index (χ4v) is 2.97. The average molecular weight is 332 g/mol. The van der Waals surface area contributed by atoms with E-state index < -0.39 is 11.5 Å². The van der Waals surface area contributed by atoms with Crippen molar-refractivity contribution in [3.63, 3.8) is 0 Å². The van der Waals surface area contributed by atoms with Crippen molar-refractivity contribution < 1.29 is 14.7 Å². The molecule has 0 aromatic heterocycles. The molecule has 0 saturated carbocycles. The molecule has 1 atom stereocenters. The Morgan fingerprint density at radius 1 is 1.00 bits per heavy atom. The minimum atomic E-state index is -1.69. The molecule has 0 saturated heterocycles. The zero-order valence-corrected chi connectivity index (χ0v) is 15.1. The van der Waals surface area contributed by atoms with E-state index in [-0.39, 0.29) is 18.6 Å². The lowest BCUT2D eigenvalue weighted by molar-refractivity contribution is -0.148. The van der Waals surface area contributed by atoms with Crippen LogP contribution in [0.5, 0.6) is 0 Å². The lowest BCUT2D eigenvalue weighted by Crippen LogP contribution is -2.55. The van der Waals surface area contributed by atoms with Gasteiger partial charge < -0.3 is 10.8 Å². The number of carboxylic acids is 1. The molecular formula is C17H33NO3S. The van der Waals surface area contributed by atoms with Gasteiger partial charge in [0.05, 0.1) is 0 Å². The quantitative estimate of drug-likeness (QED) is 0.350. The zero-order valence-electron chi connectivity index (χ0n) is 14.2. The van der Waals surface area contributed by atoms with Crippen LogP contribution in [-0.4, -0.2) is 34.4 Å². The third-order valence-corrected chi connectivity index (χ3v) is 4.70. The number of nitrogens with two attached hydrogens (primary N) is 1. The first kappa shape index (κ1) is 21.4. The Bertz CT molecular complexity index is 323. The number of rotatable bonds is 15. The summed E-state index contributed by atoms with van der Waals surface area (Å²) in [5.74, 6) is -0.925. The van der Waals surface area contributed by atoms with Crippen LogP contribution in [0.1, 0.15) is 77.6 Å². The molecule has 0 aromatic rings. The third-order valence-electron chi connectivity index (χ3n) is 4.09. The van der Waals surface area contributed by atoms with Crippen LogP contribution in [0.2, 0.25) is 0 Å². The van der Waals surface area contributed by atoms with E-state index in [9.17, 15) is 14.7 Å². The van der Waals surface area contributed by atoms with Gasteiger partial charge in [-0.3, -0.25) is 4.79 Å². The number of ketones is 1. The maximum absolute atomic E-state index is 12.1. The first-order valence-electron chi connectivity index (χ1n) is 8.53. The molecule has 0 fully saturated rings. The van der Waals surface area contributed by atoms with Gasteiger partial charge >= 0.3 is 5.97 Å². The van der Waals surface area contributed by atoms with E-state index in [4.69, 9.17) is 5.73 Å². The lowest BCUT2D eigenvalue weighted by atomic mass is 9.89. The van der Waals surface area contributed by atoms with Crippen LogP contribution in [0.4, 0.5) is 0 Å². The van der Waals surface area contributed by atoms with Gasteiger partial charge in [-0.1, -0.05) is 58.3 Å². The highest BCUT2D eigenvalue weighted by Crippen LogP contribution is 2.17. The molecule has 0 rings (SSSR count). The van der Waals surface area contributed by atoms with Crippen molar-refractivity contribution in [3.8, 4) is 0 Å². The zero-order chi connectivity index (χ0) is 16.8. The Balaban J connectivity index is 3.84. The summed E-state index contributed by atoms with van der Waals surface area (Å²) < 4.78 is 0. The highest BCUT2D eigenvalue weighted by molar-refractivity contribution is 7.98. The summed E-state index contributed by atoms with van der Waals surface area (Å²) in [6.07, 6.45) is 12.9. The monoisotopic (exact) mass is 331 g/mol. The van der Waals surface area contributed by atoms with Crippen LogP contribution in [-0.2, 0) is 9.59 Å². The molecular weight excluding hydrogens is 298 g/mol. The predicted molar refractivity (Wildman–Crippen MR) is 94.4 cm³/mol. The molecule has 4 nitrogen and oxygen atoms in total.